The van der Waals surface area contributed by atoms with Crippen molar-refractivity contribution in [2.75, 3.05) is 12.4 Å². The number of ether oxygens (including phenoxy) is 1. The minimum atomic E-state index is 0. The largest absolute Gasteiger partial charge is 0.444 e. The van der Waals surface area contributed by atoms with Crippen LogP contribution in [0.4, 0.5) is 5.69 Å². The Kier molecular flexibility index (Phi) is 7.33. The Morgan fingerprint density at radius 2 is 2.09 bits per heavy atom. The van der Waals surface area contributed by atoms with Gasteiger partial charge in [-0.05, 0) is 19.9 Å². The van der Waals surface area contributed by atoms with Gasteiger partial charge in [-0.3, -0.25) is 0 Å². The Labute approximate surface area is 147 Å². The highest BCUT2D eigenvalue weighted by molar-refractivity contribution is 14.0. The first-order valence-electron chi connectivity index (χ1n) is 6.67. The van der Waals surface area contributed by atoms with Crippen LogP contribution in [0.15, 0.2) is 33.7 Å². The molecule has 0 fully saturated rings. The van der Waals surface area contributed by atoms with E-state index in [1.807, 2.05) is 38.1 Å². The van der Waals surface area contributed by atoms with Crippen LogP contribution >= 0.6 is 24.0 Å². The van der Waals surface area contributed by atoms with Crippen molar-refractivity contribution in [3.8, 4) is 0 Å². The molecule has 1 heterocycles. The van der Waals surface area contributed by atoms with Crippen LogP contribution in [0.2, 0.25) is 0 Å². The number of halogens is 1. The minimum absolute atomic E-state index is 0. The number of guanidine groups is 1. The van der Waals surface area contributed by atoms with E-state index in [9.17, 15) is 0 Å². The molecule has 1 aromatic carbocycles. The molecule has 7 heteroatoms. The van der Waals surface area contributed by atoms with Crippen LogP contribution in [0.25, 0.3) is 0 Å². The lowest BCUT2D eigenvalue weighted by Crippen LogP contribution is -2.23. The number of aromatic nitrogens is 1. The lowest BCUT2D eigenvalue weighted by Gasteiger charge is -2.10. The Bertz CT molecular complexity index is 621. The lowest BCUT2D eigenvalue weighted by molar-refractivity contribution is 0.185. The molecule has 0 aliphatic rings. The molecule has 0 aliphatic heterocycles. The van der Waals surface area contributed by atoms with E-state index in [1.165, 1.54) is 0 Å². The molecule has 0 saturated heterocycles. The Morgan fingerprint density at radius 3 is 2.73 bits per heavy atom. The number of oxazole rings is 1. The van der Waals surface area contributed by atoms with Crippen molar-refractivity contribution >= 4 is 35.6 Å². The Balaban J connectivity index is 0.00000242. The summed E-state index contributed by atoms with van der Waals surface area (Å²) in [5, 5.41) is 3.07. The van der Waals surface area contributed by atoms with Crippen LogP contribution in [-0.2, 0) is 17.9 Å². The molecule has 3 N–H and O–H groups in total. The van der Waals surface area contributed by atoms with E-state index in [0.29, 0.717) is 25.0 Å². The molecule has 120 valence electrons. The summed E-state index contributed by atoms with van der Waals surface area (Å²) >= 11 is 0. The van der Waals surface area contributed by atoms with Crippen LogP contribution in [-0.4, -0.2) is 18.1 Å². The fourth-order valence-corrected chi connectivity index (χ4v) is 1.86. The van der Waals surface area contributed by atoms with Crippen molar-refractivity contribution in [2.45, 2.75) is 27.0 Å². The van der Waals surface area contributed by atoms with Crippen molar-refractivity contribution in [3.63, 3.8) is 0 Å². The maximum atomic E-state index is 5.89. The average Bonchev–Trinajstić information content (AvgIpc) is 2.78. The van der Waals surface area contributed by atoms with Gasteiger partial charge in [0.25, 0.3) is 0 Å². The molecule has 0 aliphatic carbocycles. The van der Waals surface area contributed by atoms with Crippen molar-refractivity contribution in [1.82, 2.24) is 4.98 Å². The lowest BCUT2D eigenvalue weighted by atomic mass is 10.2. The normalized spacial score (nSPS) is 11.1. The third-order valence-corrected chi connectivity index (χ3v) is 3.04. The van der Waals surface area contributed by atoms with Crippen LogP contribution in [0.5, 0.6) is 0 Å². The van der Waals surface area contributed by atoms with E-state index < -0.39 is 0 Å². The van der Waals surface area contributed by atoms with Gasteiger partial charge in [-0.1, -0.05) is 18.2 Å². The SMILES string of the molecule is COCc1ccccc1NC(N)=NCc1nc(C)c(C)o1.I. The van der Waals surface area contributed by atoms with Gasteiger partial charge in [0.2, 0.25) is 5.89 Å². The third-order valence-electron chi connectivity index (χ3n) is 3.04. The average molecular weight is 416 g/mol. The van der Waals surface area contributed by atoms with Gasteiger partial charge in [0, 0.05) is 18.4 Å². The van der Waals surface area contributed by atoms with Crippen molar-refractivity contribution in [3.05, 3.63) is 47.2 Å². The van der Waals surface area contributed by atoms with E-state index in [2.05, 4.69) is 15.3 Å². The number of para-hydroxylation sites is 1. The second-order valence-corrected chi connectivity index (χ2v) is 4.67. The molecule has 0 saturated carbocycles. The van der Waals surface area contributed by atoms with Crippen molar-refractivity contribution in [1.29, 1.82) is 0 Å². The van der Waals surface area contributed by atoms with E-state index in [4.69, 9.17) is 14.9 Å². The zero-order chi connectivity index (χ0) is 15.2. The minimum Gasteiger partial charge on any atom is -0.444 e. The van der Waals surface area contributed by atoms with Gasteiger partial charge < -0.3 is 20.2 Å². The number of hydrogen-bond donors (Lipinski definition) is 2. The van der Waals surface area contributed by atoms with E-state index in [1.54, 1.807) is 7.11 Å². The first kappa shape index (κ1) is 18.4. The Hall–Kier alpha value is -1.61. The molecular formula is C15H21IN4O2. The van der Waals surface area contributed by atoms with Gasteiger partial charge in [-0.15, -0.1) is 24.0 Å². The first-order valence-corrected chi connectivity index (χ1v) is 6.67. The van der Waals surface area contributed by atoms with Crippen LogP contribution in [0.3, 0.4) is 0 Å². The molecule has 0 spiro atoms. The molecule has 0 amide bonds. The molecule has 22 heavy (non-hydrogen) atoms. The van der Waals surface area contributed by atoms with Gasteiger partial charge in [-0.2, -0.15) is 0 Å². The summed E-state index contributed by atoms with van der Waals surface area (Å²) in [5.74, 6) is 1.67. The maximum absolute atomic E-state index is 5.89. The van der Waals surface area contributed by atoms with Gasteiger partial charge in [-0.25, -0.2) is 9.98 Å². The fourth-order valence-electron chi connectivity index (χ4n) is 1.86. The number of nitrogens with two attached hydrogens (primary N) is 1. The smallest absolute Gasteiger partial charge is 0.216 e. The number of rotatable bonds is 5. The third kappa shape index (κ3) is 4.99. The predicted molar refractivity (Wildman–Crippen MR) is 97.5 cm³/mol. The fraction of sp³-hybridized carbons (Fsp3) is 0.333. The number of hydrogen-bond acceptors (Lipinski definition) is 4. The van der Waals surface area contributed by atoms with Crippen molar-refractivity contribution < 1.29 is 9.15 Å². The van der Waals surface area contributed by atoms with E-state index >= 15 is 0 Å². The van der Waals surface area contributed by atoms with Gasteiger partial charge in [0.15, 0.2) is 5.96 Å². The second kappa shape index (κ2) is 8.74. The Morgan fingerprint density at radius 1 is 1.36 bits per heavy atom. The highest BCUT2D eigenvalue weighted by Gasteiger charge is 2.06. The maximum Gasteiger partial charge on any atom is 0.216 e. The summed E-state index contributed by atoms with van der Waals surface area (Å²) < 4.78 is 10.6. The van der Waals surface area contributed by atoms with Gasteiger partial charge >= 0.3 is 0 Å². The molecule has 2 rings (SSSR count). The molecule has 0 unspecified atom stereocenters. The van der Waals surface area contributed by atoms with E-state index in [0.717, 1.165) is 22.7 Å². The number of benzene rings is 1. The molecule has 0 atom stereocenters. The molecular weight excluding hydrogens is 395 g/mol. The predicted octanol–water partition coefficient (Wildman–Crippen LogP) is 2.98. The summed E-state index contributed by atoms with van der Waals surface area (Å²) in [6, 6.07) is 7.77. The molecule has 0 bridgehead atoms. The van der Waals surface area contributed by atoms with E-state index in [-0.39, 0.29) is 24.0 Å². The summed E-state index contributed by atoms with van der Waals surface area (Å²) in [7, 11) is 1.65. The van der Waals surface area contributed by atoms with Crippen molar-refractivity contribution in [2.24, 2.45) is 10.7 Å². The molecule has 6 nitrogen and oxygen atoms in total. The molecule has 2 aromatic rings. The van der Waals surface area contributed by atoms with Crippen LogP contribution in [0, 0.1) is 13.8 Å². The van der Waals surface area contributed by atoms with Gasteiger partial charge in [0.1, 0.15) is 12.3 Å². The zero-order valence-corrected chi connectivity index (χ0v) is 15.3. The number of nitrogens with one attached hydrogen (secondary N) is 1. The topological polar surface area (TPSA) is 85.7 Å². The quantitative estimate of drug-likeness (QED) is 0.445. The number of aryl methyl sites for hydroxylation is 2. The monoisotopic (exact) mass is 416 g/mol. The van der Waals surface area contributed by atoms with Gasteiger partial charge in [0.05, 0.1) is 12.3 Å². The second-order valence-electron chi connectivity index (χ2n) is 4.67. The number of methoxy groups -OCH3 is 1. The summed E-state index contributed by atoms with van der Waals surface area (Å²) in [6.07, 6.45) is 0. The molecule has 1 aromatic heterocycles. The number of anilines is 1. The van der Waals surface area contributed by atoms with Crippen LogP contribution < -0.4 is 11.1 Å². The highest BCUT2D eigenvalue weighted by Crippen LogP contribution is 2.15. The van der Waals surface area contributed by atoms with Crippen LogP contribution in [0.1, 0.15) is 22.9 Å². The first-order chi connectivity index (χ1) is 10.1. The highest BCUT2D eigenvalue weighted by atomic mass is 127. The molecule has 0 radical (unpaired) electrons. The number of aliphatic imine (C=N–C) groups is 1. The summed E-state index contributed by atoms with van der Waals surface area (Å²) in [5.41, 5.74) is 8.65. The summed E-state index contributed by atoms with van der Waals surface area (Å²) in [4.78, 5) is 8.49. The zero-order valence-electron chi connectivity index (χ0n) is 12.9. The number of nitrogens with zero attached hydrogens (tertiary/aromatic N) is 2. The standard InChI is InChI=1S/C15H20N4O2.HI/c1-10-11(2)21-14(18-10)8-17-15(16)19-13-7-5-4-6-12(13)9-20-3;/h4-7H,8-9H2,1-3H3,(H3,16,17,19);1H. The summed E-state index contributed by atoms with van der Waals surface area (Å²) in [6.45, 7) is 4.58.